The van der Waals surface area contributed by atoms with E-state index in [4.69, 9.17) is 0 Å². The van der Waals surface area contributed by atoms with E-state index in [0.29, 0.717) is 18.8 Å². The van der Waals surface area contributed by atoms with Crippen LogP contribution in [0.5, 0.6) is 0 Å². The summed E-state index contributed by atoms with van der Waals surface area (Å²) >= 11 is 0. The van der Waals surface area contributed by atoms with Gasteiger partial charge in [0.05, 0.1) is 11.0 Å². The number of benzene rings is 2. The SMILES string of the molecule is O=C(CC[S@](=O)NCc1ccccc1)NCc1ccccc1. The Bertz CT molecular complexity index is 547. The van der Waals surface area contributed by atoms with Gasteiger partial charge in [-0.2, -0.15) is 0 Å². The molecule has 0 aliphatic heterocycles. The van der Waals surface area contributed by atoms with Gasteiger partial charge < -0.3 is 5.32 Å². The first-order valence-electron chi connectivity index (χ1n) is 7.20. The molecule has 0 fully saturated rings. The largest absolute Gasteiger partial charge is 0.352 e. The molecule has 0 radical (unpaired) electrons. The minimum absolute atomic E-state index is 0.0845. The molecule has 1 amide bonds. The molecule has 2 N–H and O–H groups in total. The predicted molar refractivity (Wildman–Crippen MR) is 89.2 cm³/mol. The number of hydrogen-bond acceptors (Lipinski definition) is 2. The van der Waals surface area contributed by atoms with Crippen molar-refractivity contribution >= 4 is 16.9 Å². The molecule has 0 unspecified atom stereocenters. The van der Waals surface area contributed by atoms with E-state index < -0.39 is 11.0 Å². The van der Waals surface area contributed by atoms with Crippen molar-refractivity contribution in [1.29, 1.82) is 0 Å². The molecule has 2 rings (SSSR count). The predicted octanol–water partition coefficient (Wildman–Crippen LogP) is 2.15. The minimum Gasteiger partial charge on any atom is -0.352 e. The summed E-state index contributed by atoms with van der Waals surface area (Å²) in [5, 5.41) is 2.83. The maximum atomic E-state index is 11.8. The normalized spacial score (nSPS) is 11.8. The van der Waals surface area contributed by atoms with Gasteiger partial charge >= 0.3 is 0 Å². The second-order valence-corrected chi connectivity index (χ2v) is 6.26. The molecule has 0 saturated carbocycles. The second-order valence-electron chi connectivity index (χ2n) is 4.87. The van der Waals surface area contributed by atoms with Gasteiger partial charge in [0.15, 0.2) is 0 Å². The zero-order valence-electron chi connectivity index (χ0n) is 12.3. The number of amides is 1. The van der Waals surface area contributed by atoms with Crippen LogP contribution in [-0.4, -0.2) is 15.9 Å². The summed E-state index contributed by atoms with van der Waals surface area (Å²) < 4.78 is 14.7. The molecule has 0 saturated heterocycles. The quantitative estimate of drug-likeness (QED) is 0.784. The highest BCUT2D eigenvalue weighted by Gasteiger charge is 2.05. The highest BCUT2D eigenvalue weighted by molar-refractivity contribution is 7.83. The maximum absolute atomic E-state index is 11.8. The number of rotatable bonds is 8. The summed E-state index contributed by atoms with van der Waals surface area (Å²) in [5.74, 6) is 0.228. The number of carbonyl (C=O) groups is 1. The van der Waals surface area contributed by atoms with Crippen molar-refractivity contribution in [3.05, 3.63) is 71.8 Å². The lowest BCUT2D eigenvalue weighted by Crippen LogP contribution is -2.27. The third kappa shape index (κ3) is 6.20. The number of nitrogens with one attached hydrogen (secondary N) is 2. The monoisotopic (exact) mass is 316 g/mol. The Morgan fingerprint density at radius 2 is 1.41 bits per heavy atom. The standard InChI is InChI=1S/C17H20N2O2S/c20-17(18-13-15-7-3-1-4-8-15)11-12-22(21)19-14-16-9-5-2-6-10-16/h1-10,19H,11-14H2,(H,18,20)/t22-/m0/s1. The molecule has 4 nitrogen and oxygen atoms in total. The van der Waals surface area contributed by atoms with Gasteiger partial charge in [-0.1, -0.05) is 60.7 Å². The van der Waals surface area contributed by atoms with Crippen LogP contribution in [0, 0.1) is 0 Å². The Balaban J connectivity index is 1.62. The molecule has 0 aromatic heterocycles. The summed E-state index contributed by atoms with van der Waals surface area (Å²) in [4.78, 5) is 11.7. The Hall–Kier alpha value is -1.98. The van der Waals surface area contributed by atoms with Crippen molar-refractivity contribution in [2.45, 2.75) is 19.5 Å². The van der Waals surface area contributed by atoms with Gasteiger partial charge in [0.1, 0.15) is 0 Å². The lowest BCUT2D eigenvalue weighted by atomic mass is 10.2. The van der Waals surface area contributed by atoms with E-state index in [2.05, 4.69) is 10.0 Å². The lowest BCUT2D eigenvalue weighted by molar-refractivity contribution is -0.120. The van der Waals surface area contributed by atoms with E-state index in [1.807, 2.05) is 60.7 Å². The molecule has 0 aliphatic carbocycles. The fourth-order valence-electron chi connectivity index (χ4n) is 1.90. The molecule has 0 aliphatic rings. The van der Waals surface area contributed by atoms with E-state index in [-0.39, 0.29) is 12.3 Å². The van der Waals surface area contributed by atoms with Crippen molar-refractivity contribution in [2.24, 2.45) is 0 Å². The Morgan fingerprint density at radius 3 is 2.00 bits per heavy atom. The molecule has 2 aromatic rings. The van der Waals surface area contributed by atoms with Crippen LogP contribution in [-0.2, 0) is 28.9 Å². The van der Waals surface area contributed by atoms with E-state index in [0.717, 1.165) is 11.1 Å². The van der Waals surface area contributed by atoms with Gasteiger partial charge in [0.2, 0.25) is 5.91 Å². The van der Waals surface area contributed by atoms with Crippen molar-refractivity contribution in [3.8, 4) is 0 Å². The fourth-order valence-corrected chi connectivity index (χ4v) is 2.74. The van der Waals surface area contributed by atoms with E-state index in [1.54, 1.807) is 0 Å². The van der Waals surface area contributed by atoms with Crippen LogP contribution in [0.4, 0.5) is 0 Å². The zero-order chi connectivity index (χ0) is 15.6. The van der Waals surface area contributed by atoms with Gasteiger partial charge in [0.25, 0.3) is 0 Å². The Labute approximate surface area is 133 Å². The van der Waals surface area contributed by atoms with Gasteiger partial charge in [0, 0.05) is 25.3 Å². The first kappa shape index (κ1) is 16.4. The fraction of sp³-hybridized carbons (Fsp3) is 0.235. The van der Waals surface area contributed by atoms with Crippen molar-refractivity contribution in [2.75, 3.05) is 5.75 Å². The molecule has 5 heteroatoms. The highest BCUT2D eigenvalue weighted by Crippen LogP contribution is 1.99. The van der Waals surface area contributed by atoms with Crippen molar-refractivity contribution < 1.29 is 9.00 Å². The number of carbonyl (C=O) groups excluding carboxylic acids is 1. The molecule has 1 atom stereocenters. The summed E-state index contributed by atoms with van der Waals surface area (Å²) in [6.45, 7) is 1.04. The molecule has 0 heterocycles. The zero-order valence-corrected chi connectivity index (χ0v) is 13.1. The van der Waals surface area contributed by atoms with Crippen molar-refractivity contribution in [1.82, 2.24) is 10.0 Å². The highest BCUT2D eigenvalue weighted by atomic mass is 32.2. The number of hydrogen-bond donors (Lipinski definition) is 2. The molecule has 22 heavy (non-hydrogen) atoms. The summed E-state index contributed by atoms with van der Waals surface area (Å²) in [5.41, 5.74) is 2.13. The first-order chi connectivity index (χ1) is 10.7. The van der Waals surface area contributed by atoms with Crippen LogP contribution in [0.3, 0.4) is 0 Å². The van der Waals surface area contributed by atoms with Crippen LogP contribution < -0.4 is 10.0 Å². The molecule has 116 valence electrons. The van der Waals surface area contributed by atoms with Crippen LogP contribution in [0.1, 0.15) is 17.5 Å². The van der Waals surface area contributed by atoms with Gasteiger partial charge in [-0.05, 0) is 11.1 Å². The first-order valence-corrected chi connectivity index (χ1v) is 8.52. The van der Waals surface area contributed by atoms with Crippen LogP contribution in [0.25, 0.3) is 0 Å². The van der Waals surface area contributed by atoms with Gasteiger partial charge in [-0.25, -0.2) is 8.93 Å². The molecule has 2 aromatic carbocycles. The van der Waals surface area contributed by atoms with Crippen LogP contribution in [0.2, 0.25) is 0 Å². The van der Waals surface area contributed by atoms with Crippen LogP contribution in [0.15, 0.2) is 60.7 Å². The van der Waals surface area contributed by atoms with Crippen molar-refractivity contribution in [3.63, 3.8) is 0 Å². The van der Waals surface area contributed by atoms with E-state index in [1.165, 1.54) is 0 Å². The maximum Gasteiger partial charge on any atom is 0.221 e. The van der Waals surface area contributed by atoms with Gasteiger partial charge in [-0.15, -0.1) is 0 Å². The third-order valence-electron chi connectivity index (χ3n) is 3.13. The van der Waals surface area contributed by atoms with Gasteiger partial charge in [-0.3, -0.25) is 4.79 Å². The van der Waals surface area contributed by atoms with E-state index >= 15 is 0 Å². The molecular weight excluding hydrogens is 296 g/mol. The topological polar surface area (TPSA) is 58.2 Å². The molecule has 0 bridgehead atoms. The third-order valence-corrected chi connectivity index (χ3v) is 4.17. The summed E-state index contributed by atoms with van der Waals surface area (Å²) in [7, 11) is -1.20. The van der Waals surface area contributed by atoms with Crippen LogP contribution >= 0.6 is 0 Å². The average Bonchev–Trinajstić information content (AvgIpc) is 2.58. The Kier molecular flexibility index (Phi) is 6.80. The average molecular weight is 316 g/mol. The Morgan fingerprint density at radius 1 is 0.864 bits per heavy atom. The summed E-state index contributed by atoms with van der Waals surface area (Å²) in [6, 6.07) is 19.5. The minimum atomic E-state index is -1.20. The molecule has 0 spiro atoms. The second kappa shape index (κ2) is 9.12. The molecular formula is C17H20N2O2S. The summed E-state index contributed by atoms with van der Waals surface area (Å²) in [6.07, 6.45) is 0.251. The smallest absolute Gasteiger partial charge is 0.221 e. The van der Waals surface area contributed by atoms with E-state index in [9.17, 15) is 9.00 Å². The lowest BCUT2D eigenvalue weighted by Gasteiger charge is -2.06.